The second kappa shape index (κ2) is 7.02. The average Bonchev–Trinajstić information content (AvgIpc) is 3.23. The molecular formula is C15H31N3O. The van der Waals surface area contributed by atoms with Crippen LogP contribution in [0, 0.1) is 0 Å². The number of aliphatic hydroxyl groups excluding tert-OH is 1. The third-order valence-corrected chi connectivity index (χ3v) is 4.59. The topological polar surface area (TPSA) is 38.7 Å². The van der Waals surface area contributed by atoms with Crippen molar-refractivity contribution in [2.24, 2.45) is 0 Å². The molecule has 1 aliphatic heterocycles. The molecule has 0 aromatic carbocycles. The number of nitrogens with one attached hydrogen (secondary N) is 1. The number of piperazine rings is 1. The Morgan fingerprint density at radius 2 is 1.79 bits per heavy atom. The van der Waals surface area contributed by atoms with Crippen LogP contribution in [0.25, 0.3) is 0 Å². The van der Waals surface area contributed by atoms with Gasteiger partial charge in [-0.25, -0.2) is 0 Å². The van der Waals surface area contributed by atoms with Gasteiger partial charge in [0.25, 0.3) is 0 Å². The van der Waals surface area contributed by atoms with Crippen molar-refractivity contribution in [3.8, 4) is 0 Å². The minimum atomic E-state index is -0.0631. The molecule has 0 radical (unpaired) electrons. The van der Waals surface area contributed by atoms with Gasteiger partial charge in [0.05, 0.1) is 6.61 Å². The number of hydrogen-bond donors (Lipinski definition) is 2. The number of hydrogen-bond acceptors (Lipinski definition) is 4. The molecular weight excluding hydrogens is 238 g/mol. The maximum atomic E-state index is 9.58. The summed E-state index contributed by atoms with van der Waals surface area (Å²) in [4.78, 5) is 5.09. The minimum Gasteiger partial charge on any atom is -0.394 e. The van der Waals surface area contributed by atoms with E-state index in [1.54, 1.807) is 0 Å². The molecule has 19 heavy (non-hydrogen) atoms. The van der Waals surface area contributed by atoms with Gasteiger partial charge in [0.15, 0.2) is 0 Å². The van der Waals surface area contributed by atoms with E-state index < -0.39 is 0 Å². The molecule has 0 amide bonds. The molecule has 1 aliphatic carbocycles. The van der Waals surface area contributed by atoms with Crippen LogP contribution in [0.3, 0.4) is 0 Å². The second-order valence-corrected chi connectivity index (χ2v) is 6.52. The Morgan fingerprint density at radius 3 is 2.32 bits per heavy atom. The Morgan fingerprint density at radius 1 is 1.16 bits per heavy atom. The third kappa shape index (κ3) is 5.03. The lowest BCUT2D eigenvalue weighted by atomic mass is 9.96. The first-order valence-corrected chi connectivity index (χ1v) is 7.98. The summed E-state index contributed by atoms with van der Waals surface area (Å²) in [5.74, 6) is 0. The van der Waals surface area contributed by atoms with Crippen LogP contribution in [0.1, 0.15) is 39.5 Å². The smallest absolute Gasteiger partial charge is 0.0610 e. The zero-order valence-corrected chi connectivity index (χ0v) is 12.7. The number of aliphatic hydroxyl groups is 1. The quantitative estimate of drug-likeness (QED) is 0.687. The van der Waals surface area contributed by atoms with Crippen LogP contribution in [-0.4, -0.2) is 72.4 Å². The van der Waals surface area contributed by atoms with E-state index in [1.807, 2.05) is 0 Å². The van der Waals surface area contributed by atoms with Crippen molar-refractivity contribution in [2.45, 2.75) is 51.1 Å². The van der Waals surface area contributed by atoms with Crippen molar-refractivity contribution in [3.63, 3.8) is 0 Å². The lowest BCUT2D eigenvalue weighted by Gasteiger charge is -2.35. The van der Waals surface area contributed by atoms with Gasteiger partial charge in [0.2, 0.25) is 0 Å². The maximum Gasteiger partial charge on any atom is 0.0610 e. The van der Waals surface area contributed by atoms with Crippen molar-refractivity contribution < 1.29 is 5.11 Å². The Hall–Kier alpha value is -0.160. The van der Waals surface area contributed by atoms with Crippen molar-refractivity contribution >= 4 is 0 Å². The molecule has 2 aliphatic rings. The first-order chi connectivity index (χ1) is 9.15. The van der Waals surface area contributed by atoms with Crippen LogP contribution in [-0.2, 0) is 0 Å². The summed E-state index contributed by atoms with van der Waals surface area (Å²) in [6.45, 7) is 11.9. The predicted octanol–water partition coefficient (Wildman–Crippen LogP) is 0.907. The average molecular weight is 269 g/mol. The van der Waals surface area contributed by atoms with Gasteiger partial charge in [-0.05, 0) is 45.7 Å². The first-order valence-electron chi connectivity index (χ1n) is 7.98. The fraction of sp³-hybridized carbons (Fsp3) is 1.00. The Bertz CT molecular complexity index is 262. The van der Waals surface area contributed by atoms with E-state index >= 15 is 0 Å². The monoisotopic (exact) mass is 269 g/mol. The summed E-state index contributed by atoms with van der Waals surface area (Å²) in [5, 5.41) is 13.2. The molecule has 0 aromatic heterocycles. The lowest BCUT2D eigenvalue weighted by Crippen LogP contribution is -2.49. The molecule has 4 nitrogen and oxygen atoms in total. The minimum absolute atomic E-state index is 0.0631. The molecule has 0 spiro atoms. The fourth-order valence-electron chi connectivity index (χ4n) is 2.94. The number of rotatable bonds is 8. The molecule has 4 heteroatoms. The standard InChI is InChI=1S/C15H31N3O/c1-3-17-9-11-18(12-10-17)8-4-7-15(2,13-19)16-14-5-6-14/h14,16,19H,3-13H2,1-2H3. The largest absolute Gasteiger partial charge is 0.394 e. The molecule has 2 N–H and O–H groups in total. The van der Waals surface area contributed by atoms with Gasteiger partial charge in [0.1, 0.15) is 0 Å². The van der Waals surface area contributed by atoms with Crippen LogP contribution in [0.5, 0.6) is 0 Å². The molecule has 1 unspecified atom stereocenters. The van der Waals surface area contributed by atoms with Crippen LogP contribution >= 0.6 is 0 Å². The third-order valence-electron chi connectivity index (χ3n) is 4.59. The van der Waals surface area contributed by atoms with Gasteiger partial charge in [0, 0.05) is 37.8 Å². The van der Waals surface area contributed by atoms with Crippen LogP contribution < -0.4 is 5.32 Å². The fourth-order valence-corrected chi connectivity index (χ4v) is 2.94. The van der Waals surface area contributed by atoms with Crippen molar-refractivity contribution in [1.82, 2.24) is 15.1 Å². The van der Waals surface area contributed by atoms with E-state index in [9.17, 15) is 5.11 Å². The molecule has 1 saturated heterocycles. The number of nitrogens with zero attached hydrogens (tertiary/aromatic N) is 2. The Labute approximate surface area is 118 Å². The van der Waals surface area contributed by atoms with Crippen LogP contribution in [0.4, 0.5) is 0 Å². The zero-order valence-electron chi connectivity index (χ0n) is 12.7. The first kappa shape index (κ1) is 15.2. The van der Waals surface area contributed by atoms with Gasteiger partial charge >= 0.3 is 0 Å². The Kier molecular flexibility index (Phi) is 5.63. The molecule has 0 bridgehead atoms. The maximum absolute atomic E-state index is 9.58. The SMILES string of the molecule is CCN1CCN(CCCC(C)(CO)NC2CC2)CC1. The van der Waals surface area contributed by atoms with E-state index in [4.69, 9.17) is 0 Å². The predicted molar refractivity (Wildman–Crippen MR) is 79.4 cm³/mol. The van der Waals surface area contributed by atoms with Gasteiger partial charge < -0.3 is 20.2 Å². The van der Waals surface area contributed by atoms with E-state index in [2.05, 4.69) is 29.0 Å². The normalized spacial score (nSPS) is 25.4. The highest BCUT2D eigenvalue weighted by atomic mass is 16.3. The van der Waals surface area contributed by atoms with Gasteiger partial charge in [-0.1, -0.05) is 6.92 Å². The van der Waals surface area contributed by atoms with E-state index in [1.165, 1.54) is 58.5 Å². The molecule has 112 valence electrons. The van der Waals surface area contributed by atoms with Crippen LogP contribution in [0.2, 0.25) is 0 Å². The number of likely N-dealkylation sites (N-methyl/N-ethyl adjacent to an activating group) is 1. The summed E-state index contributed by atoms with van der Waals surface area (Å²) >= 11 is 0. The second-order valence-electron chi connectivity index (χ2n) is 6.52. The molecule has 2 rings (SSSR count). The van der Waals surface area contributed by atoms with Gasteiger partial charge in [-0.2, -0.15) is 0 Å². The Balaban J connectivity index is 1.62. The summed E-state index contributed by atoms with van der Waals surface area (Å²) < 4.78 is 0. The highest BCUT2D eigenvalue weighted by Crippen LogP contribution is 2.24. The van der Waals surface area contributed by atoms with Gasteiger partial charge in [-0.15, -0.1) is 0 Å². The van der Waals surface area contributed by atoms with Crippen molar-refractivity contribution in [1.29, 1.82) is 0 Å². The summed E-state index contributed by atoms with van der Waals surface area (Å²) in [6.07, 6.45) is 4.83. The summed E-state index contributed by atoms with van der Waals surface area (Å²) in [6, 6.07) is 0.672. The molecule has 1 saturated carbocycles. The summed E-state index contributed by atoms with van der Waals surface area (Å²) in [7, 11) is 0. The molecule has 2 fully saturated rings. The van der Waals surface area contributed by atoms with Crippen LogP contribution in [0.15, 0.2) is 0 Å². The van der Waals surface area contributed by atoms with E-state index in [0.29, 0.717) is 6.04 Å². The lowest BCUT2D eigenvalue weighted by molar-refractivity contribution is 0.123. The molecule has 1 atom stereocenters. The van der Waals surface area contributed by atoms with E-state index in [0.717, 1.165) is 6.42 Å². The van der Waals surface area contributed by atoms with E-state index in [-0.39, 0.29) is 12.1 Å². The molecule has 0 aromatic rings. The highest BCUT2D eigenvalue weighted by Gasteiger charge is 2.31. The highest BCUT2D eigenvalue weighted by molar-refractivity contribution is 4.92. The zero-order chi connectivity index (χ0) is 13.7. The van der Waals surface area contributed by atoms with Gasteiger partial charge in [-0.3, -0.25) is 0 Å². The van der Waals surface area contributed by atoms with Crippen molar-refractivity contribution in [2.75, 3.05) is 45.9 Å². The van der Waals surface area contributed by atoms with Crippen molar-refractivity contribution in [3.05, 3.63) is 0 Å². The molecule has 1 heterocycles. The summed E-state index contributed by atoms with van der Waals surface area (Å²) in [5.41, 5.74) is -0.0631.